The van der Waals surface area contributed by atoms with Crippen molar-refractivity contribution in [3.63, 3.8) is 0 Å². The van der Waals surface area contributed by atoms with Gasteiger partial charge in [0, 0.05) is 24.8 Å². The molecule has 0 aliphatic heterocycles. The summed E-state index contributed by atoms with van der Waals surface area (Å²) in [5.41, 5.74) is 3.78. The quantitative estimate of drug-likeness (QED) is 0.184. The van der Waals surface area contributed by atoms with Crippen LogP contribution in [-0.4, -0.2) is 37.5 Å². The van der Waals surface area contributed by atoms with Gasteiger partial charge in [-0.15, -0.1) is 0 Å². The van der Waals surface area contributed by atoms with Crippen molar-refractivity contribution in [1.82, 2.24) is 19.9 Å². The molecule has 0 aliphatic carbocycles. The van der Waals surface area contributed by atoms with Crippen LogP contribution in [0.5, 0.6) is 0 Å². The molecule has 0 atom stereocenters. The van der Waals surface area contributed by atoms with Crippen LogP contribution in [0.15, 0.2) is 85.5 Å². The Labute approximate surface area is 229 Å². The Morgan fingerprint density at radius 2 is 1.00 bits per heavy atom. The number of nitrogens with zero attached hydrogens (tertiary/aromatic N) is 6. The van der Waals surface area contributed by atoms with E-state index in [2.05, 4.69) is 77.5 Å². The predicted octanol–water partition coefficient (Wildman–Crippen LogP) is 3.57. The average molecular weight is 614 g/mol. The molecule has 0 amide bonds. The second kappa shape index (κ2) is 16.8. The molecular weight excluding hydrogens is 586 g/mol. The average Bonchev–Trinajstić information content (AvgIpc) is 2.95. The van der Waals surface area contributed by atoms with Crippen LogP contribution in [0.4, 0.5) is 0 Å². The van der Waals surface area contributed by atoms with E-state index in [1.807, 2.05) is 48.8 Å². The van der Waals surface area contributed by atoms with Crippen molar-refractivity contribution in [2.45, 2.75) is 26.2 Å². The first kappa shape index (κ1) is 29.5. The summed E-state index contributed by atoms with van der Waals surface area (Å²) < 4.78 is 8.05. The van der Waals surface area contributed by atoms with Gasteiger partial charge in [-0.25, -0.2) is 0 Å². The Morgan fingerprint density at radius 3 is 1.27 bits per heavy atom. The molecule has 8 nitrogen and oxygen atoms in total. The van der Waals surface area contributed by atoms with Crippen LogP contribution in [0.1, 0.15) is 0 Å². The normalized spacial score (nSPS) is 9.73. The Bertz CT molecular complexity index is 1160. The maximum absolute atomic E-state index is 7.65. The Morgan fingerprint density at radius 1 is 0.595 bits per heavy atom. The van der Waals surface area contributed by atoms with Crippen LogP contribution < -0.4 is 10.4 Å². The number of pyridine rings is 4. The molecule has 0 spiro atoms. The molecular formula is C26H28N6O2RuSi2. The van der Waals surface area contributed by atoms with E-state index < -0.39 is 35.4 Å². The predicted molar refractivity (Wildman–Crippen MR) is 145 cm³/mol. The molecule has 4 aromatic rings. The zero-order valence-electron chi connectivity index (χ0n) is 21.1. The zero-order valence-corrected chi connectivity index (χ0v) is 25.1. The van der Waals surface area contributed by atoms with Crippen molar-refractivity contribution < 1.29 is 25.0 Å². The summed E-state index contributed by atoms with van der Waals surface area (Å²) in [6, 6.07) is 20.2. The SMILES string of the molecule is C[SiH](C)c1ccc(-c2ccccn2)nc1.C[SiH](C)c1ccc(-c2ccccn2)nc1.N#C[O][Ru][O]C#N. The second-order valence-corrected chi connectivity index (χ2v) is 15.0. The van der Waals surface area contributed by atoms with E-state index in [-0.39, 0.29) is 0 Å². The van der Waals surface area contributed by atoms with Gasteiger partial charge in [0.05, 0.1) is 40.4 Å². The molecule has 0 saturated heterocycles. The summed E-state index contributed by atoms with van der Waals surface area (Å²) in [6.45, 7) is 9.21. The van der Waals surface area contributed by atoms with Crippen LogP contribution in [0.25, 0.3) is 22.8 Å². The molecule has 0 unspecified atom stereocenters. The molecule has 0 saturated carbocycles. The van der Waals surface area contributed by atoms with Gasteiger partial charge in [-0.1, -0.05) is 50.5 Å². The summed E-state index contributed by atoms with van der Waals surface area (Å²) in [6.07, 6.45) is 10.3. The van der Waals surface area contributed by atoms with Gasteiger partial charge in [0.2, 0.25) is 0 Å². The van der Waals surface area contributed by atoms with E-state index in [4.69, 9.17) is 10.5 Å². The standard InChI is InChI=1S/2C12H14N2Si.2CHNO.Ru/c2*1-15(2)10-6-7-12(14-9-10)11-5-3-4-8-13-11;2*2-1-3;/h2*3-9,15H,1-2H3;2*3H;/q;;;;+2/p-2. The van der Waals surface area contributed by atoms with E-state index in [0.717, 1.165) is 22.8 Å². The fraction of sp³-hybridized carbons (Fsp3) is 0.154. The summed E-state index contributed by atoms with van der Waals surface area (Å²) in [7, 11) is -1.45. The third kappa shape index (κ3) is 10.8. The van der Waals surface area contributed by atoms with Gasteiger partial charge in [-0.2, -0.15) is 0 Å². The topological polar surface area (TPSA) is 118 Å². The van der Waals surface area contributed by atoms with E-state index in [0.29, 0.717) is 0 Å². The Hall–Kier alpha value is -3.76. The summed E-state index contributed by atoms with van der Waals surface area (Å²) in [5, 5.41) is 18.1. The van der Waals surface area contributed by atoms with Crippen molar-refractivity contribution in [2.24, 2.45) is 0 Å². The number of aromatic nitrogens is 4. The van der Waals surface area contributed by atoms with Gasteiger partial charge in [0.1, 0.15) is 0 Å². The van der Waals surface area contributed by atoms with E-state index in [9.17, 15) is 0 Å². The van der Waals surface area contributed by atoms with E-state index in [1.165, 1.54) is 22.9 Å². The van der Waals surface area contributed by atoms with Gasteiger partial charge in [0.25, 0.3) is 0 Å². The number of hydrogen-bond donors (Lipinski definition) is 0. The molecule has 0 aliphatic rings. The molecule has 190 valence electrons. The van der Waals surface area contributed by atoms with Gasteiger partial charge in [-0.3, -0.25) is 19.9 Å². The fourth-order valence-electron chi connectivity index (χ4n) is 2.87. The minimum atomic E-state index is -0.950. The molecule has 0 aromatic carbocycles. The van der Waals surface area contributed by atoms with Crippen LogP contribution >= 0.6 is 0 Å². The second-order valence-electron chi connectivity index (χ2n) is 8.08. The molecule has 0 N–H and O–H groups in total. The molecule has 0 fully saturated rings. The molecule has 4 aromatic heterocycles. The van der Waals surface area contributed by atoms with Gasteiger partial charge >= 0.3 is 48.0 Å². The molecule has 4 rings (SSSR count). The third-order valence-corrected chi connectivity index (χ3v) is 8.84. The Balaban J connectivity index is 0.000000210. The first-order chi connectivity index (χ1) is 18.0. The maximum atomic E-state index is 7.65. The summed E-state index contributed by atoms with van der Waals surface area (Å²) in [5.74, 6) is 0. The minimum absolute atomic E-state index is 0.726. The Kier molecular flexibility index (Phi) is 13.4. The molecule has 11 heteroatoms. The molecule has 4 heterocycles. The number of hydrogen-bond acceptors (Lipinski definition) is 8. The molecule has 0 radical (unpaired) electrons. The third-order valence-electron chi connectivity index (χ3n) is 4.88. The van der Waals surface area contributed by atoms with Crippen molar-refractivity contribution in [2.75, 3.05) is 0 Å². The van der Waals surface area contributed by atoms with Crippen LogP contribution in [0.3, 0.4) is 0 Å². The number of rotatable bonds is 6. The molecule has 0 bridgehead atoms. The van der Waals surface area contributed by atoms with Crippen molar-refractivity contribution in [3.8, 4) is 35.3 Å². The fourth-order valence-corrected chi connectivity index (χ4v) is 4.78. The van der Waals surface area contributed by atoms with E-state index >= 15 is 0 Å². The van der Waals surface area contributed by atoms with Gasteiger partial charge < -0.3 is 0 Å². The van der Waals surface area contributed by atoms with E-state index in [1.54, 1.807) is 12.4 Å². The van der Waals surface area contributed by atoms with Gasteiger partial charge in [0.15, 0.2) is 0 Å². The van der Waals surface area contributed by atoms with Crippen molar-refractivity contribution in [3.05, 3.63) is 85.5 Å². The summed E-state index contributed by atoms with van der Waals surface area (Å²) in [4.78, 5) is 17.4. The van der Waals surface area contributed by atoms with Crippen molar-refractivity contribution in [1.29, 1.82) is 10.5 Å². The van der Waals surface area contributed by atoms with Crippen LogP contribution in [-0.2, 0) is 25.0 Å². The number of nitriles is 2. The molecule has 37 heavy (non-hydrogen) atoms. The zero-order chi connectivity index (χ0) is 26.9. The van der Waals surface area contributed by atoms with Crippen molar-refractivity contribution >= 4 is 28.0 Å². The monoisotopic (exact) mass is 614 g/mol. The van der Waals surface area contributed by atoms with Crippen LogP contribution in [0.2, 0.25) is 26.2 Å². The van der Waals surface area contributed by atoms with Gasteiger partial charge in [-0.05, 0) is 46.8 Å². The van der Waals surface area contributed by atoms with Crippen LogP contribution in [0, 0.1) is 23.0 Å². The first-order valence-electron chi connectivity index (χ1n) is 11.4. The summed E-state index contributed by atoms with van der Waals surface area (Å²) >= 11 is -0.950. The first-order valence-corrected chi connectivity index (χ1v) is 18.6.